The molecule has 0 radical (unpaired) electrons. The molecule has 1 aliphatic rings. The van der Waals surface area contributed by atoms with Crippen LogP contribution in [0.1, 0.15) is 24.9 Å². The summed E-state index contributed by atoms with van der Waals surface area (Å²) in [5.74, 6) is -9.04. The molecule has 1 unspecified atom stereocenters. The molecule has 3 amide bonds. The smallest absolute Gasteiger partial charge is 0.353 e. The number of anilines is 1. The highest BCUT2D eigenvalue weighted by Crippen LogP contribution is 2.40. The van der Waals surface area contributed by atoms with Crippen LogP contribution in [-0.4, -0.2) is 49.1 Å². The fourth-order valence-corrected chi connectivity index (χ4v) is 3.58. The van der Waals surface area contributed by atoms with E-state index in [0.29, 0.717) is 29.3 Å². The zero-order valence-electron chi connectivity index (χ0n) is 18.6. The van der Waals surface area contributed by atoms with E-state index < -0.39 is 54.5 Å². The van der Waals surface area contributed by atoms with Gasteiger partial charge in [0.1, 0.15) is 6.04 Å². The van der Waals surface area contributed by atoms with E-state index in [2.05, 4.69) is 5.32 Å². The number of benzene rings is 2. The standard InChI is InChI=1S/C23H21F6N3O3/c1-21(24,19(34)30-12-11-22(25,26)23(27,28)29)20(35)31-17-15-9-4-3-7-13(15)14-8-5-6-10-16(14)32(2)18(17)33/h3-10,17H,11-12H2,1-2H3,(H,30,34)(H,31,35)/t17?,21-/m0/s1. The van der Waals surface area contributed by atoms with E-state index in [1.807, 2.05) is 0 Å². The second kappa shape index (κ2) is 9.23. The number of hydrogen-bond donors (Lipinski definition) is 2. The Kier molecular flexibility index (Phi) is 6.87. The minimum absolute atomic E-state index is 0.323. The minimum atomic E-state index is -5.84. The fraction of sp³-hybridized carbons (Fsp3) is 0.348. The van der Waals surface area contributed by atoms with Gasteiger partial charge in [-0.25, -0.2) is 4.39 Å². The first-order chi connectivity index (χ1) is 16.2. The monoisotopic (exact) mass is 501 g/mol. The lowest BCUT2D eigenvalue weighted by atomic mass is 9.94. The molecule has 2 N–H and O–H groups in total. The molecule has 35 heavy (non-hydrogen) atoms. The van der Waals surface area contributed by atoms with Crippen molar-refractivity contribution in [3.63, 3.8) is 0 Å². The van der Waals surface area contributed by atoms with Crippen molar-refractivity contribution in [1.29, 1.82) is 0 Å². The van der Waals surface area contributed by atoms with E-state index in [1.54, 1.807) is 53.8 Å². The van der Waals surface area contributed by atoms with Crippen LogP contribution in [0.5, 0.6) is 0 Å². The first-order valence-corrected chi connectivity index (χ1v) is 10.4. The van der Waals surface area contributed by atoms with Crippen LogP contribution in [-0.2, 0) is 14.4 Å². The molecule has 3 rings (SSSR count). The topological polar surface area (TPSA) is 78.5 Å². The molecule has 0 aromatic heterocycles. The van der Waals surface area contributed by atoms with Crippen LogP contribution in [0, 0.1) is 0 Å². The number of para-hydroxylation sites is 1. The van der Waals surface area contributed by atoms with Crippen LogP contribution in [0.3, 0.4) is 0 Å². The minimum Gasteiger partial charge on any atom is -0.353 e. The molecule has 0 spiro atoms. The third kappa shape index (κ3) is 4.96. The highest BCUT2D eigenvalue weighted by atomic mass is 19.4. The number of nitrogens with one attached hydrogen (secondary N) is 2. The summed E-state index contributed by atoms with van der Waals surface area (Å²) in [4.78, 5) is 39.3. The maximum Gasteiger partial charge on any atom is 0.453 e. The van der Waals surface area contributed by atoms with Crippen molar-refractivity contribution in [2.45, 2.75) is 37.2 Å². The van der Waals surface area contributed by atoms with Crippen molar-refractivity contribution < 1.29 is 40.7 Å². The van der Waals surface area contributed by atoms with E-state index in [1.165, 1.54) is 11.9 Å². The largest absolute Gasteiger partial charge is 0.453 e. The molecule has 0 bridgehead atoms. The molecule has 2 aromatic rings. The molecule has 188 valence electrons. The van der Waals surface area contributed by atoms with Crippen molar-refractivity contribution in [2.75, 3.05) is 18.5 Å². The SMILES string of the molecule is CN1C(=O)C(NC(=O)[C@@](C)(F)C(=O)NCCC(F)(F)C(F)(F)F)c2ccccc2-c2ccccc21. The highest BCUT2D eigenvalue weighted by molar-refractivity contribution is 6.11. The molecule has 12 heteroatoms. The van der Waals surface area contributed by atoms with Gasteiger partial charge in [-0.1, -0.05) is 42.5 Å². The molecule has 1 heterocycles. The zero-order chi connectivity index (χ0) is 26.2. The molecule has 0 aliphatic carbocycles. The van der Waals surface area contributed by atoms with Gasteiger partial charge in [0.05, 0.1) is 5.69 Å². The predicted molar refractivity (Wildman–Crippen MR) is 114 cm³/mol. The van der Waals surface area contributed by atoms with Gasteiger partial charge < -0.3 is 15.5 Å². The molecular formula is C23H21F6N3O3. The Balaban J connectivity index is 1.81. The second-order valence-electron chi connectivity index (χ2n) is 8.12. The lowest BCUT2D eigenvalue weighted by Crippen LogP contribution is -2.55. The quantitative estimate of drug-likeness (QED) is 0.466. The summed E-state index contributed by atoms with van der Waals surface area (Å²) in [7, 11) is 1.45. The van der Waals surface area contributed by atoms with Crippen LogP contribution in [0.2, 0.25) is 0 Å². The fourth-order valence-electron chi connectivity index (χ4n) is 3.58. The first-order valence-electron chi connectivity index (χ1n) is 10.4. The Morgan fingerprint density at radius 3 is 2.11 bits per heavy atom. The van der Waals surface area contributed by atoms with E-state index in [0.717, 1.165) is 0 Å². The average Bonchev–Trinajstić information content (AvgIpc) is 2.88. The molecule has 0 saturated heterocycles. The van der Waals surface area contributed by atoms with Gasteiger partial charge in [-0.3, -0.25) is 14.4 Å². The number of amides is 3. The van der Waals surface area contributed by atoms with Gasteiger partial charge in [-0.15, -0.1) is 0 Å². The molecule has 1 aliphatic heterocycles. The first kappa shape index (κ1) is 26.0. The zero-order valence-corrected chi connectivity index (χ0v) is 18.6. The molecular weight excluding hydrogens is 480 g/mol. The Hall–Kier alpha value is -3.57. The Bertz CT molecular complexity index is 1150. The van der Waals surface area contributed by atoms with Gasteiger partial charge in [0, 0.05) is 25.6 Å². The van der Waals surface area contributed by atoms with Gasteiger partial charge in [0.2, 0.25) is 0 Å². The molecule has 0 fully saturated rings. The number of carbonyl (C=O) groups is 3. The number of rotatable bonds is 6. The number of carbonyl (C=O) groups excluding carboxylic acids is 3. The van der Waals surface area contributed by atoms with Crippen LogP contribution >= 0.6 is 0 Å². The van der Waals surface area contributed by atoms with Gasteiger partial charge in [0.15, 0.2) is 0 Å². The number of fused-ring (bicyclic) bond motifs is 3. The van der Waals surface area contributed by atoms with Crippen LogP contribution in [0.25, 0.3) is 11.1 Å². The van der Waals surface area contributed by atoms with Crippen LogP contribution < -0.4 is 15.5 Å². The van der Waals surface area contributed by atoms with E-state index >= 15 is 4.39 Å². The summed E-state index contributed by atoms with van der Waals surface area (Å²) in [5.41, 5.74) is -1.29. The normalized spacial score (nSPS) is 17.5. The van der Waals surface area contributed by atoms with Crippen molar-refractivity contribution in [3.8, 4) is 11.1 Å². The third-order valence-electron chi connectivity index (χ3n) is 5.67. The number of alkyl halides is 6. The van der Waals surface area contributed by atoms with E-state index in [4.69, 9.17) is 0 Å². The maximum atomic E-state index is 15.1. The summed E-state index contributed by atoms with van der Waals surface area (Å²) in [6.45, 7) is -0.716. The van der Waals surface area contributed by atoms with Gasteiger partial charge in [0.25, 0.3) is 23.4 Å². The Labute approximate surface area is 196 Å². The number of likely N-dealkylation sites (N-methyl/N-ethyl adjacent to an activating group) is 1. The molecule has 2 atom stereocenters. The van der Waals surface area contributed by atoms with Crippen molar-refractivity contribution in [3.05, 3.63) is 54.1 Å². The summed E-state index contributed by atoms with van der Waals surface area (Å²) in [5, 5.41) is 3.77. The summed E-state index contributed by atoms with van der Waals surface area (Å²) in [6.07, 6.45) is -7.68. The third-order valence-corrected chi connectivity index (χ3v) is 5.67. The lowest BCUT2D eigenvalue weighted by molar-refractivity contribution is -0.283. The summed E-state index contributed by atoms with van der Waals surface area (Å²) >= 11 is 0. The summed E-state index contributed by atoms with van der Waals surface area (Å²) < 4.78 is 77.9. The Morgan fingerprint density at radius 2 is 1.49 bits per heavy atom. The molecule has 2 aromatic carbocycles. The predicted octanol–water partition coefficient (Wildman–Crippen LogP) is 3.92. The average molecular weight is 501 g/mol. The maximum absolute atomic E-state index is 15.1. The molecule has 0 saturated carbocycles. The highest BCUT2D eigenvalue weighted by Gasteiger charge is 2.57. The lowest BCUT2D eigenvalue weighted by Gasteiger charge is -2.26. The number of hydrogen-bond acceptors (Lipinski definition) is 3. The van der Waals surface area contributed by atoms with E-state index in [-0.39, 0.29) is 0 Å². The second-order valence-corrected chi connectivity index (χ2v) is 8.12. The molecule has 6 nitrogen and oxygen atoms in total. The van der Waals surface area contributed by atoms with Crippen molar-refractivity contribution in [2.24, 2.45) is 0 Å². The number of halogens is 6. The van der Waals surface area contributed by atoms with Crippen molar-refractivity contribution in [1.82, 2.24) is 10.6 Å². The Morgan fingerprint density at radius 1 is 0.914 bits per heavy atom. The van der Waals surface area contributed by atoms with Gasteiger partial charge in [-0.2, -0.15) is 22.0 Å². The number of nitrogens with zero attached hydrogens (tertiary/aromatic N) is 1. The van der Waals surface area contributed by atoms with Crippen LogP contribution in [0.15, 0.2) is 48.5 Å². The van der Waals surface area contributed by atoms with Gasteiger partial charge >= 0.3 is 12.1 Å². The summed E-state index contributed by atoms with van der Waals surface area (Å²) in [6, 6.07) is 12.0. The van der Waals surface area contributed by atoms with E-state index in [9.17, 15) is 36.3 Å². The van der Waals surface area contributed by atoms with Crippen LogP contribution in [0.4, 0.5) is 32.0 Å². The van der Waals surface area contributed by atoms with Gasteiger partial charge in [-0.05, 0) is 24.1 Å². The van der Waals surface area contributed by atoms with Crippen molar-refractivity contribution >= 4 is 23.4 Å².